The van der Waals surface area contributed by atoms with Crippen molar-refractivity contribution in [3.63, 3.8) is 0 Å². The number of amides is 2. The van der Waals surface area contributed by atoms with Gasteiger partial charge in [-0.3, -0.25) is 14.5 Å². The van der Waals surface area contributed by atoms with Gasteiger partial charge in [-0.05, 0) is 62.6 Å². The average molecular weight is 508 g/mol. The summed E-state index contributed by atoms with van der Waals surface area (Å²) in [5.41, 5.74) is 2.32. The van der Waals surface area contributed by atoms with Crippen LogP contribution in [0.15, 0.2) is 42.5 Å². The highest BCUT2D eigenvalue weighted by Gasteiger charge is 2.29. The molecule has 1 fully saturated rings. The van der Waals surface area contributed by atoms with Crippen molar-refractivity contribution in [3.8, 4) is 0 Å². The molecule has 1 aliphatic carbocycles. The zero-order valence-electron chi connectivity index (χ0n) is 19.4. The molecule has 4 rings (SSSR count). The minimum atomic E-state index is -0.232. The summed E-state index contributed by atoms with van der Waals surface area (Å²) in [6, 6.07) is 13.2. The second-order valence-corrected chi connectivity index (χ2v) is 9.25. The van der Waals surface area contributed by atoms with Crippen LogP contribution in [0.5, 0.6) is 0 Å². The standard InChI is InChI=1S/C26H32ClN3O2.ClH.H2O/c27-19-15-16-24-22(18-19)29-26(32)21-12-7-8-13-23(21)30(24)25(31)14-6-3-9-17-28-20-10-4-1-2-5-11-20;;/h7-8,12-13,15-16,18,20,28H,1-6,9-11,14,17H2,(H,29,32);1H;1H2. The molecule has 4 N–H and O–H groups in total. The lowest BCUT2D eigenvalue weighted by Crippen LogP contribution is -2.29. The van der Waals surface area contributed by atoms with E-state index in [2.05, 4.69) is 10.6 Å². The summed E-state index contributed by atoms with van der Waals surface area (Å²) in [5.74, 6) is -0.238. The molecule has 6 nitrogen and oxygen atoms in total. The molecule has 2 amide bonds. The topological polar surface area (TPSA) is 92.9 Å². The monoisotopic (exact) mass is 507 g/mol. The quantitative estimate of drug-likeness (QED) is 0.353. The van der Waals surface area contributed by atoms with Crippen molar-refractivity contribution in [1.82, 2.24) is 5.32 Å². The van der Waals surface area contributed by atoms with E-state index in [0.717, 1.165) is 25.8 Å². The van der Waals surface area contributed by atoms with E-state index < -0.39 is 0 Å². The molecule has 0 unspecified atom stereocenters. The van der Waals surface area contributed by atoms with Gasteiger partial charge >= 0.3 is 0 Å². The molecule has 0 aromatic heterocycles. The number of fused-ring (bicyclic) bond motifs is 2. The van der Waals surface area contributed by atoms with Crippen LogP contribution in [0.1, 0.15) is 74.6 Å². The summed E-state index contributed by atoms with van der Waals surface area (Å²) in [6.07, 6.45) is 11.4. The fourth-order valence-electron chi connectivity index (χ4n) is 4.73. The van der Waals surface area contributed by atoms with E-state index in [1.807, 2.05) is 18.2 Å². The maximum atomic E-state index is 13.3. The fourth-order valence-corrected chi connectivity index (χ4v) is 4.90. The lowest BCUT2D eigenvalue weighted by molar-refractivity contribution is -0.118. The van der Waals surface area contributed by atoms with Gasteiger partial charge in [-0.25, -0.2) is 0 Å². The van der Waals surface area contributed by atoms with E-state index in [9.17, 15) is 9.59 Å². The van der Waals surface area contributed by atoms with E-state index in [-0.39, 0.29) is 29.7 Å². The minimum Gasteiger partial charge on any atom is -0.412 e. The second-order valence-electron chi connectivity index (χ2n) is 8.82. The Balaban J connectivity index is 0.00000204. The molecule has 2 aromatic carbocycles. The van der Waals surface area contributed by atoms with Gasteiger partial charge in [0.25, 0.3) is 5.91 Å². The minimum absolute atomic E-state index is 0. The highest BCUT2D eigenvalue weighted by Crippen LogP contribution is 2.39. The molecule has 0 atom stereocenters. The first-order valence-corrected chi connectivity index (χ1v) is 12.3. The maximum Gasteiger partial charge on any atom is 0.257 e. The number of nitrogens with one attached hydrogen (secondary N) is 2. The Morgan fingerprint density at radius 2 is 1.74 bits per heavy atom. The van der Waals surface area contributed by atoms with Crippen molar-refractivity contribution in [3.05, 3.63) is 53.1 Å². The molecule has 8 heteroatoms. The van der Waals surface area contributed by atoms with Crippen molar-refractivity contribution in [2.24, 2.45) is 0 Å². The molecule has 186 valence electrons. The van der Waals surface area contributed by atoms with E-state index in [0.29, 0.717) is 40.1 Å². The van der Waals surface area contributed by atoms with Crippen LogP contribution in [0.3, 0.4) is 0 Å². The Hall–Kier alpha value is -2.12. The molecule has 1 saturated carbocycles. The normalized spacial score (nSPS) is 15.6. The van der Waals surface area contributed by atoms with Crippen LogP contribution in [0.2, 0.25) is 5.02 Å². The summed E-state index contributed by atoms with van der Waals surface area (Å²) in [6.45, 7) is 1.02. The van der Waals surface area contributed by atoms with E-state index in [4.69, 9.17) is 11.6 Å². The van der Waals surface area contributed by atoms with Crippen LogP contribution < -0.4 is 15.5 Å². The zero-order chi connectivity index (χ0) is 22.3. The summed E-state index contributed by atoms with van der Waals surface area (Å²) in [5, 5.41) is 7.12. The molecule has 34 heavy (non-hydrogen) atoms. The highest BCUT2D eigenvalue weighted by molar-refractivity contribution is 6.31. The molecule has 2 aromatic rings. The number of carbonyl (C=O) groups excluding carboxylic acids is 2. The summed E-state index contributed by atoms with van der Waals surface area (Å²) in [4.78, 5) is 27.7. The molecular formula is C26H35Cl2N3O3. The molecule has 1 heterocycles. The zero-order valence-corrected chi connectivity index (χ0v) is 21.0. The average Bonchev–Trinajstić information content (AvgIpc) is 3.12. The number of unbranched alkanes of at least 4 members (excludes halogenated alkanes) is 2. The number of halogens is 2. The Kier molecular flexibility index (Phi) is 11.3. The first-order chi connectivity index (χ1) is 15.6. The first kappa shape index (κ1) is 28.1. The van der Waals surface area contributed by atoms with Crippen molar-refractivity contribution >= 4 is 52.9 Å². The third-order valence-corrected chi connectivity index (χ3v) is 6.68. The lowest BCUT2D eigenvalue weighted by atomic mass is 10.1. The second kappa shape index (κ2) is 13.7. The molecule has 0 spiro atoms. The first-order valence-electron chi connectivity index (χ1n) is 11.9. The summed E-state index contributed by atoms with van der Waals surface area (Å²) in [7, 11) is 0. The Bertz CT molecular complexity index is 962. The van der Waals surface area contributed by atoms with Crippen LogP contribution in [0.25, 0.3) is 0 Å². The number of para-hydroxylation sites is 1. The van der Waals surface area contributed by atoms with Gasteiger partial charge in [-0.15, -0.1) is 12.4 Å². The van der Waals surface area contributed by atoms with Crippen LogP contribution >= 0.6 is 24.0 Å². The molecule has 0 saturated heterocycles. The van der Waals surface area contributed by atoms with Gasteiger partial charge in [-0.2, -0.15) is 0 Å². The van der Waals surface area contributed by atoms with Crippen LogP contribution in [-0.4, -0.2) is 29.9 Å². The van der Waals surface area contributed by atoms with Crippen molar-refractivity contribution in [2.75, 3.05) is 16.8 Å². The highest BCUT2D eigenvalue weighted by atomic mass is 35.5. The molecular weight excluding hydrogens is 473 g/mol. The van der Waals surface area contributed by atoms with Crippen molar-refractivity contribution in [2.45, 2.75) is 70.3 Å². The Morgan fingerprint density at radius 3 is 2.50 bits per heavy atom. The van der Waals surface area contributed by atoms with E-state index in [1.54, 1.807) is 29.2 Å². The number of hydrogen-bond donors (Lipinski definition) is 2. The van der Waals surface area contributed by atoms with Gasteiger partial charge in [0.2, 0.25) is 5.91 Å². The van der Waals surface area contributed by atoms with Crippen LogP contribution in [0, 0.1) is 0 Å². The summed E-state index contributed by atoms with van der Waals surface area (Å²) < 4.78 is 0. The van der Waals surface area contributed by atoms with E-state index in [1.165, 1.54) is 38.5 Å². The Morgan fingerprint density at radius 1 is 1.00 bits per heavy atom. The Labute approximate surface area is 213 Å². The van der Waals surface area contributed by atoms with Crippen molar-refractivity contribution < 1.29 is 15.1 Å². The predicted octanol–water partition coefficient (Wildman–Crippen LogP) is 6.04. The maximum absolute atomic E-state index is 13.3. The predicted molar refractivity (Wildman–Crippen MR) is 142 cm³/mol. The van der Waals surface area contributed by atoms with Gasteiger partial charge in [0.15, 0.2) is 0 Å². The number of anilines is 3. The van der Waals surface area contributed by atoms with Gasteiger partial charge in [0.05, 0.1) is 22.6 Å². The number of hydrogen-bond acceptors (Lipinski definition) is 3. The third kappa shape index (κ3) is 6.95. The fraction of sp³-hybridized carbons (Fsp3) is 0.462. The molecule has 1 aliphatic heterocycles. The smallest absolute Gasteiger partial charge is 0.257 e. The number of rotatable bonds is 7. The number of carbonyl (C=O) groups is 2. The number of benzene rings is 2. The van der Waals surface area contributed by atoms with Crippen molar-refractivity contribution in [1.29, 1.82) is 0 Å². The molecule has 2 aliphatic rings. The van der Waals surface area contributed by atoms with E-state index >= 15 is 0 Å². The van der Waals surface area contributed by atoms with Gasteiger partial charge < -0.3 is 16.1 Å². The number of nitrogens with zero attached hydrogens (tertiary/aromatic N) is 1. The largest absolute Gasteiger partial charge is 0.412 e. The summed E-state index contributed by atoms with van der Waals surface area (Å²) >= 11 is 6.15. The SMILES string of the molecule is Cl.O.O=C1Nc2cc(Cl)ccc2N(C(=O)CCCCCNC2CCCCCC2)c2ccccc21. The third-order valence-electron chi connectivity index (χ3n) is 6.44. The van der Waals surface area contributed by atoms with Crippen LogP contribution in [-0.2, 0) is 4.79 Å². The van der Waals surface area contributed by atoms with Crippen LogP contribution in [0.4, 0.5) is 17.1 Å². The molecule has 0 bridgehead atoms. The van der Waals surface area contributed by atoms with Gasteiger partial charge in [-0.1, -0.05) is 55.8 Å². The molecule has 0 radical (unpaired) electrons. The lowest BCUT2D eigenvalue weighted by Gasteiger charge is -2.24. The van der Waals surface area contributed by atoms with Gasteiger partial charge in [0, 0.05) is 17.5 Å². The van der Waals surface area contributed by atoms with Gasteiger partial charge in [0.1, 0.15) is 0 Å².